The van der Waals surface area contributed by atoms with Crippen molar-refractivity contribution in [2.24, 2.45) is 5.92 Å². The lowest BCUT2D eigenvalue weighted by atomic mass is 9.84. The van der Waals surface area contributed by atoms with E-state index < -0.39 is 0 Å². The van der Waals surface area contributed by atoms with Gasteiger partial charge in [0.05, 0.1) is 7.11 Å². The summed E-state index contributed by atoms with van der Waals surface area (Å²) in [6.45, 7) is 4.31. The molecule has 0 radical (unpaired) electrons. The van der Waals surface area contributed by atoms with E-state index in [1.165, 1.54) is 38.2 Å². The van der Waals surface area contributed by atoms with E-state index in [2.05, 4.69) is 12.2 Å². The second kappa shape index (κ2) is 7.07. The van der Waals surface area contributed by atoms with Crippen molar-refractivity contribution < 1.29 is 9.13 Å². The van der Waals surface area contributed by atoms with Gasteiger partial charge < -0.3 is 10.1 Å². The van der Waals surface area contributed by atoms with E-state index in [9.17, 15) is 4.39 Å². The summed E-state index contributed by atoms with van der Waals surface area (Å²) in [6.07, 6.45) is 6.30. The van der Waals surface area contributed by atoms with Crippen LogP contribution in [0.4, 0.5) is 4.39 Å². The number of ether oxygens (including phenoxy) is 1. The normalized spacial score (nSPS) is 24.4. The number of methoxy groups -OCH3 is 1. The van der Waals surface area contributed by atoms with Gasteiger partial charge in [-0.05, 0) is 44.6 Å². The van der Waals surface area contributed by atoms with E-state index in [-0.39, 0.29) is 11.9 Å². The maximum Gasteiger partial charge on any atom is 0.131 e. The highest BCUT2D eigenvalue weighted by Gasteiger charge is 2.22. The van der Waals surface area contributed by atoms with E-state index in [0.717, 1.165) is 11.5 Å². The molecule has 0 saturated heterocycles. The molecule has 2 rings (SSSR count). The molecule has 0 aromatic heterocycles. The van der Waals surface area contributed by atoms with Crippen LogP contribution in [-0.2, 0) is 0 Å². The van der Waals surface area contributed by atoms with Crippen molar-refractivity contribution in [2.75, 3.05) is 7.11 Å². The number of benzene rings is 1. The van der Waals surface area contributed by atoms with E-state index in [0.29, 0.717) is 11.8 Å². The van der Waals surface area contributed by atoms with Gasteiger partial charge in [0.2, 0.25) is 0 Å². The molecule has 1 aromatic rings. The van der Waals surface area contributed by atoms with Gasteiger partial charge >= 0.3 is 0 Å². The summed E-state index contributed by atoms with van der Waals surface area (Å²) in [5.41, 5.74) is 0.725. The van der Waals surface area contributed by atoms with Crippen LogP contribution < -0.4 is 10.1 Å². The highest BCUT2D eigenvalue weighted by molar-refractivity contribution is 5.30. The topological polar surface area (TPSA) is 21.3 Å². The number of nitrogens with one attached hydrogen (secondary N) is 1. The molecule has 0 amide bonds. The molecular formula is C17H26FNO. The lowest BCUT2D eigenvalue weighted by Crippen LogP contribution is -2.35. The molecule has 1 atom stereocenters. The molecule has 20 heavy (non-hydrogen) atoms. The van der Waals surface area contributed by atoms with Gasteiger partial charge in [0.25, 0.3) is 0 Å². The molecule has 0 spiro atoms. The largest absolute Gasteiger partial charge is 0.497 e. The van der Waals surface area contributed by atoms with Crippen LogP contribution in [0.3, 0.4) is 0 Å². The van der Waals surface area contributed by atoms with E-state index >= 15 is 0 Å². The van der Waals surface area contributed by atoms with Crippen LogP contribution in [0.1, 0.15) is 57.6 Å². The van der Waals surface area contributed by atoms with Crippen molar-refractivity contribution >= 4 is 0 Å². The Morgan fingerprint density at radius 3 is 2.55 bits per heavy atom. The second-order valence-electron chi connectivity index (χ2n) is 5.90. The molecule has 2 nitrogen and oxygen atoms in total. The van der Waals surface area contributed by atoms with Crippen molar-refractivity contribution in [1.82, 2.24) is 5.32 Å². The molecule has 1 saturated carbocycles. The Morgan fingerprint density at radius 1 is 1.30 bits per heavy atom. The summed E-state index contributed by atoms with van der Waals surface area (Å²) in [6, 6.07) is 5.67. The van der Waals surface area contributed by atoms with Crippen LogP contribution in [0.2, 0.25) is 0 Å². The first kappa shape index (κ1) is 15.3. The predicted molar refractivity (Wildman–Crippen MR) is 80.5 cm³/mol. The predicted octanol–water partition coefficient (Wildman–Crippen LogP) is 4.45. The van der Waals surface area contributed by atoms with E-state index in [1.807, 2.05) is 19.1 Å². The maximum atomic E-state index is 14.0. The summed E-state index contributed by atoms with van der Waals surface area (Å²) in [5.74, 6) is 1.27. The molecule has 1 aliphatic rings. The molecule has 1 fully saturated rings. The zero-order valence-corrected chi connectivity index (χ0v) is 12.8. The second-order valence-corrected chi connectivity index (χ2v) is 5.90. The minimum Gasteiger partial charge on any atom is -0.497 e. The Labute approximate surface area is 121 Å². The SMILES string of the molecule is CCC1CCC(NC(C)c2ccc(OC)cc2F)CC1. The monoisotopic (exact) mass is 279 g/mol. The lowest BCUT2D eigenvalue weighted by molar-refractivity contribution is 0.272. The van der Waals surface area contributed by atoms with Crippen LogP contribution in [0.5, 0.6) is 5.75 Å². The van der Waals surface area contributed by atoms with Crippen molar-refractivity contribution in [2.45, 2.75) is 58.0 Å². The third kappa shape index (κ3) is 3.72. The molecule has 1 N–H and O–H groups in total. The third-order valence-electron chi connectivity index (χ3n) is 4.58. The van der Waals surface area contributed by atoms with E-state index in [1.54, 1.807) is 7.11 Å². The summed E-state index contributed by atoms with van der Waals surface area (Å²) in [7, 11) is 1.56. The third-order valence-corrected chi connectivity index (χ3v) is 4.58. The molecule has 1 aliphatic carbocycles. The average Bonchev–Trinajstić information content (AvgIpc) is 2.47. The standard InChI is InChI=1S/C17H26FNO/c1-4-13-5-7-14(8-6-13)19-12(2)16-10-9-15(20-3)11-17(16)18/h9-14,19H,4-8H2,1-3H3. The molecular weight excluding hydrogens is 253 g/mol. The van der Waals surface area contributed by atoms with Crippen LogP contribution in [0.15, 0.2) is 18.2 Å². The fourth-order valence-electron chi connectivity index (χ4n) is 3.17. The molecule has 1 aromatic carbocycles. The first-order valence-electron chi connectivity index (χ1n) is 7.73. The van der Waals surface area contributed by atoms with Gasteiger partial charge in [-0.3, -0.25) is 0 Å². The summed E-state index contributed by atoms with van der Waals surface area (Å²) < 4.78 is 19.1. The van der Waals surface area contributed by atoms with Gasteiger partial charge in [0.1, 0.15) is 11.6 Å². The molecule has 112 valence electrons. The smallest absolute Gasteiger partial charge is 0.131 e. The van der Waals surface area contributed by atoms with Gasteiger partial charge in [-0.25, -0.2) is 4.39 Å². The number of hydrogen-bond acceptors (Lipinski definition) is 2. The molecule has 0 bridgehead atoms. The quantitative estimate of drug-likeness (QED) is 0.859. The summed E-state index contributed by atoms with van der Waals surface area (Å²) >= 11 is 0. The summed E-state index contributed by atoms with van der Waals surface area (Å²) in [5, 5.41) is 3.58. The van der Waals surface area contributed by atoms with Gasteiger partial charge in [-0.1, -0.05) is 19.4 Å². The van der Waals surface area contributed by atoms with Crippen molar-refractivity contribution in [1.29, 1.82) is 0 Å². The summed E-state index contributed by atoms with van der Waals surface area (Å²) in [4.78, 5) is 0. The first-order valence-corrected chi connectivity index (χ1v) is 7.73. The zero-order chi connectivity index (χ0) is 14.5. The highest BCUT2D eigenvalue weighted by Crippen LogP contribution is 2.29. The highest BCUT2D eigenvalue weighted by atomic mass is 19.1. The number of halogens is 1. The fourth-order valence-corrected chi connectivity index (χ4v) is 3.17. The van der Waals surface area contributed by atoms with Gasteiger partial charge in [0.15, 0.2) is 0 Å². The van der Waals surface area contributed by atoms with Crippen molar-refractivity contribution in [3.05, 3.63) is 29.6 Å². The Bertz CT molecular complexity index is 427. The average molecular weight is 279 g/mol. The Morgan fingerprint density at radius 2 is 2.00 bits per heavy atom. The van der Waals surface area contributed by atoms with Gasteiger partial charge in [-0.2, -0.15) is 0 Å². The Kier molecular flexibility index (Phi) is 5.41. The molecule has 3 heteroatoms. The minimum atomic E-state index is -0.188. The van der Waals surface area contributed by atoms with Crippen LogP contribution in [0, 0.1) is 11.7 Å². The van der Waals surface area contributed by atoms with Crippen molar-refractivity contribution in [3.8, 4) is 5.75 Å². The van der Waals surface area contributed by atoms with Crippen molar-refractivity contribution in [3.63, 3.8) is 0 Å². The Balaban J connectivity index is 1.93. The first-order chi connectivity index (χ1) is 9.63. The lowest BCUT2D eigenvalue weighted by Gasteiger charge is -2.31. The van der Waals surface area contributed by atoms with Crippen LogP contribution in [-0.4, -0.2) is 13.2 Å². The maximum absolute atomic E-state index is 14.0. The molecule has 0 aliphatic heterocycles. The van der Waals surface area contributed by atoms with Gasteiger partial charge in [-0.15, -0.1) is 0 Å². The number of rotatable bonds is 5. The molecule has 0 heterocycles. The Hall–Kier alpha value is -1.09. The molecule has 1 unspecified atom stereocenters. The zero-order valence-electron chi connectivity index (χ0n) is 12.8. The minimum absolute atomic E-state index is 0.0454. The van der Waals surface area contributed by atoms with Crippen LogP contribution >= 0.6 is 0 Å². The number of hydrogen-bond donors (Lipinski definition) is 1. The van der Waals surface area contributed by atoms with Crippen LogP contribution in [0.25, 0.3) is 0 Å². The fraction of sp³-hybridized carbons (Fsp3) is 0.647. The van der Waals surface area contributed by atoms with Gasteiger partial charge in [0, 0.05) is 23.7 Å². The van der Waals surface area contributed by atoms with E-state index in [4.69, 9.17) is 4.74 Å².